The first-order chi connectivity index (χ1) is 17.4. The summed E-state index contributed by atoms with van der Waals surface area (Å²) in [6.07, 6.45) is 0. The van der Waals surface area contributed by atoms with E-state index < -0.39 is 15.9 Å². The van der Waals surface area contributed by atoms with E-state index in [2.05, 4.69) is 0 Å². The fourth-order valence-corrected chi connectivity index (χ4v) is 6.27. The molecule has 0 spiro atoms. The molecule has 0 saturated carbocycles. The van der Waals surface area contributed by atoms with Gasteiger partial charge in [0.05, 0.1) is 10.5 Å². The van der Waals surface area contributed by atoms with E-state index >= 15 is 0 Å². The van der Waals surface area contributed by atoms with Gasteiger partial charge in [-0.05, 0) is 53.8 Å². The van der Waals surface area contributed by atoms with Crippen molar-refractivity contribution in [3.05, 3.63) is 137 Å². The molecule has 36 heavy (non-hydrogen) atoms. The minimum atomic E-state index is -4.08. The van der Waals surface area contributed by atoms with Gasteiger partial charge in [0.2, 0.25) is 0 Å². The zero-order valence-corrected chi connectivity index (χ0v) is 21.1. The highest BCUT2D eigenvalue weighted by atomic mass is 32.2. The summed E-state index contributed by atoms with van der Waals surface area (Å²) >= 11 is 0. The van der Waals surface area contributed by atoms with Gasteiger partial charge in [-0.15, -0.1) is 0 Å². The molecule has 1 atom stereocenters. The van der Waals surface area contributed by atoms with E-state index in [-0.39, 0.29) is 17.4 Å². The first kappa shape index (κ1) is 23.8. The minimum absolute atomic E-state index is 0.0282. The summed E-state index contributed by atoms with van der Waals surface area (Å²) in [6.45, 7) is 3.95. The average Bonchev–Trinajstić information content (AvgIpc) is 2.90. The quantitative estimate of drug-likeness (QED) is 0.331. The summed E-state index contributed by atoms with van der Waals surface area (Å²) in [5.41, 5.74) is 5.86. The summed E-state index contributed by atoms with van der Waals surface area (Å²) < 4.78 is 28.8. The maximum atomic E-state index is 14.1. The van der Waals surface area contributed by atoms with Crippen LogP contribution in [0, 0.1) is 13.8 Å². The van der Waals surface area contributed by atoms with Crippen LogP contribution in [0.25, 0.3) is 11.1 Å². The summed E-state index contributed by atoms with van der Waals surface area (Å²) in [6, 6.07) is 33.8. The molecule has 0 saturated heterocycles. The number of aryl methyl sites for hydroxylation is 2. The summed E-state index contributed by atoms with van der Waals surface area (Å²) in [5.74, 6) is -0.841. The SMILES string of the molecule is Cc1ccc(S(=O)(=O)N2CC(c3ccccc3C)C(c3ccccc3)=C(c3ccccc3)C2=O)cc1. The van der Waals surface area contributed by atoms with Crippen LogP contribution in [0.3, 0.4) is 0 Å². The normalized spacial score (nSPS) is 16.3. The molecule has 0 N–H and O–H groups in total. The van der Waals surface area contributed by atoms with E-state index in [9.17, 15) is 13.2 Å². The van der Waals surface area contributed by atoms with Gasteiger partial charge >= 0.3 is 0 Å². The van der Waals surface area contributed by atoms with Crippen molar-refractivity contribution in [1.29, 1.82) is 0 Å². The molecule has 5 rings (SSSR count). The van der Waals surface area contributed by atoms with Crippen molar-refractivity contribution in [3.8, 4) is 0 Å². The average molecular weight is 494 g/mol. The van der Waals surface area contributed by atoms with Gasteiger partial charge in [0.1, 0.15) is 0 Å². The lowest BCUT2D eigenvalue weighted by molar-refractivity contribution is -0.121. The molecule has 5 heteroatoms. The first-order valence-electron chi connectivity index (χ1n) is 11.9. The van der Waals surface area contributed by atoms with Crippen LogP contribution >= 0.6 is 0 Å². The molecular formula is C31H27NO3S. The summed E-state index contributed by atoms with van der Waals surface area (Å²) in [5, 5.41) is 0. The molecule has 1 aliphatic heterocycles. The van der Waals surface area contributed by atoms with Gasteiger partial charge in [0.25, 0.3) is 15.9 Å². The van der Waals surface area contributed by atoms with Crippen LogP contribution in [0.1, 0.15) is 33.7 Å². The Morgan fingerprint density at radius 3 is 1.86 bits per heavy atom. The number of amides is 1. The number of sulfonamides is 1. The molecule has 1 aliphatic rings. The van der Waals surface area contributed by atoms with Crippen LogP contribution in [0.2, 0.25) is 0 Å². The molecule has 0 aromatic heterocycles. The largest absolute Gasteiger partial charge is 0.268 e. The number of hydrogen-bond donors (Lipinski definition) is 0. The van der Waals surface area contributed by atoms with Crippen molar-refractivity contribution in [2.45, 2.75) is 24.7 Å². The van der Waals surface area contributed by atoms with Gasteiger partial charge in [-0.25, -0.2) is 12.7 Å². The van der Waals surface area contributed by atoms with Crippen LogP contribution in [0.15, 0.2) is 114 Å². The first-order valence-corrected chi connectivity index (χ1v) is 13.4. The Labute approximate surface area is 212 Å². The Kier molecular flexibility index (Phi) is 6.33. The summed E-state index contributed by atoms with van der Waals surface area (Å²) in [4.78, 5) is 14.3. The third-order valence-corrected chi connectivity index (χ3v) is 8.49. The highest BCUT2D eigenvalue weighted by Crippen LogP contribution is 2.45. The van der Waals surface area contributed by atoms with E-state index in [0.717, 1.165) is 32.1 Å². The van der Waals surface area contributed by atoms with Crippen LogP contribution in [0.4, 0.5) is 0 Å². The number of hydrogen-bond acceptors (Lipinski definition) is 3. The minimum Gasteiger partial charge on any atom is -0.268 e. The van der Waals surface area contributed by atoms with Gasteiger partial charge < -0.3 is 0 Å². The molecule has 0 fully saturated rings. The standard InChI is InChI=1S/C31H27NO3S/c1-22-17-19-26(20-18-22)36(34,35)32-21-28(27-16-10-9-11-23(27)2)29(24-12-5-3-6-13-24)30(31(32)33)25-14-7-4-8-15-25/h3-20,28H,21H2,1-2H3. The number of rotatable bonds is 5. The van der Waals surface area contributed by atoms with Gasteiger partial charge in [-0.2, -0.15) is 0 Å². The molecule has 0 radical (unpaired) electrons. The maximum Gasteiger partial charge on any atom is 0.268 e. The van der Waals surface area contributed by atoms with E-state index in [1.165, 1.54) is 0 Å². The molecule has 1 heterocycles. The van der Waals surface area contributed by atoms with Gasteiger partial charge in [0.15, 0.2) is 0 Å². The topological polar surface area (TPSA) is 54.5 Å². The van der Waals surface area contributed by atoms with Crippen molar-refractivity contribution in [1.82, 2.24) is 4.31 Å². The Hall–Kier alpha value is -3.96. The monoisotopic (exact) mass is 493 g/mol. The Balaban J connectivity index is 1.80. The summed E-state index contributed by atoms with van der Waals surface area (Å²) in [7, 11) is -4.08. The van der Waals surface area contributed by atoms with Crippen molar-refractivity contribution in [3.63, 3.8) is 0 Å². The van der Waals surface area contributed by atoms with Gasteiger partial charge in [-0.1, -0.05) is 103 Å². The Morgan fingerprint density at radius 2 is 1.25 bits per heavy atom. The predicted octanol–water partition coefficient (Wildman–Crippen LogP) is 6.23. The molecule has 4 nitrogen and oxygen atoms in total. The van der Waals surface area contributed by atoms with Crippen LogP contribution in [-0.4, -0.2) is 25.2 Å². The Bertz CT molecular complexity index is 1540. The molecule has 4 aromatic rings. The van der Waals surface area contributed by atoms with E-state index in [1.54, 1.807) is 24.3 Å². The van der Waals surface area contributed by atoms with Crippen molar-refractivity contribution < 1.29 is 13.2 Å². The lowest BCUT2D eigenvalue weighted by atomic mass is 9.78. The number of nitrogens with zero attached hydrogens (tertiary/aromatic N) is 1. The maximum absolute atomic E-state index is 14.1. The highest BCUT2D eigenvalue weighted by molar-refractivity contribution is 7.89. The third-order valence-electron chi connectivity index (χ3n) is 6.73. The third kappa shape index (κ3) is 4.27. The number of carbonyl (C=O) groups is 1. The van der Waals surface area contributed by atoms with Crippen LogP contribution in [-0.2, 0) is 14.8 Å². The van der Waals surface area contributed by atoms with Crippen LogP contribution in [0.5, 0.6) is 0 Å². The van der Waals surface area contributed by atoms with Crippen molar-refractivity contribution in [2.75, 3.05) is 6.54 Å². The van der Waals surface area contributed by atoms with E-state index in [0.29, 0.717) is 11.1 Å². The Morgan fingerprint density at radius 1 is 0.694 bits per heavy atom. The molecule has 180 valence electrons. The molecule has 1 amide bonds. The molecule has 0 bridgehead atoms. The second kappa shape index (κ2) is 9.59. The second-order valence-corrected chi connectivity index (χ2v) is 10.9. The number of carbonyl (C=O) groups excluding carboxylic acids is 1. The lowest BCUT2D eigenvalue weighted by Crippen LogP contribution is -2.44. The number of benzene rings is 4. The molecular weight excluding hydrogens is 466 g/mol. The molecule has 0 aliphatic carbocycles. The zero-order chi connectivity index (χ0) is 25.3. The fraction of sp³-hybridized carbons (Fsp3) is 0.129. The van der Waals surface area contributed by atoms with Crippen molar-refractivity contribution >= 4 is 27.1 Å². The van der Waals surface area contributed by atoms with E-state index in [1.807, 2.05) is 98.8 Å². The lowest BCUT2D eigenvalue weighted by Gasteiger charge is -2.36. The fourth-order valence-electron chi connectivity index (χ4n) is 4.88. The highest BCUT2D eigenvalue weighted by Gasteiger charge is 2.42. The molecule has 1 unspecified atom stereocenters. The van der Waals surface area contributed by atoms with Crippen LogP contribution < -0.4 is 0 Å². The van der Waals surface area contributed by atoms with Gasteiger partial charge in [-0.3, -0.25) is 4.79 Å². The predicted molar refractivity (Wildman–Crippen MR) is 144 cm³/mol. The second-order valence-electron chi connectivity index (χ2n) is 9.08. The van der Waals surface area contributed by atoms with Gasteiger partial charge in [0, 0.05) is 12.5 Å². The van der Waals surface area contributed by atoms with Crippen molar-refractivity contribution in [2.24, 2.45) is 0 Å². The smallest absolute Gasteiger partial charge is 0.268 e. The zero-order valence-electron chi connectivity index (χ0n) is 20.3. The van der Waals surface area contributed by atoms with E-state index in [4.69, 9.17) is 0 Å². The molecule has 4 aromatic carbocycles.